The van der Waals surface area contributed by atoms with Gasteiger partial charge in [0, 0.05) is 16.2 Å². The van der Waals surface area contributed by atoms with Crippen molar-refractivity contribution in [1.29, 1.82) is 10.5 Å². The van der Waals surface area contributed by atoms with Crippen molar-refractivity contribution in [3.8, 4) is 12.1 Å². The highest BCUT2D eigenvalue weighted by Gasteiger charge is 2.45. The van der Waals surface area contributed by atoms with E-state index in [1.54, 1.807) is 6.07 Å². The van der Waals surface area contributed by atoms with Crippen LogP contribution in [-0.4, -0.2) is 15.0 Å². The number of nitriles is 2. The molecule has 0 fully saturated rings. The Kier molecular flexibility index (Phi) is 5.06. The maximum atomic E-state index is 13.5. The average molecular weight is 499 g/mol. The van der Waals surface area contributed by atoms with Crippen molar-refractivity contribution in [3.05, 3.63) is 52.0 Å². The summed E-state index contributed by atoms with van der Waals surface area (Å²) >= 11 is 0. The van der Waals surface area contributed by atoms with Gasteiger partial charge in [-0.15, -0.1) is 0 Å². The number of hydrogen-bond acceptors (Lipinski definition) is 5. The van der Waals surface area contributed by atoms with Crippen molar-refractivity contribution in [1.82, 2.24) is 15.0 Å². The van der Waals surface area contributed by atoms with Gasteiger partial charge in [0.15, 0.2) is 11.4 Å². The van der Waals surface area contributed by atoms with Crippen LogP contribution in [0.4, 0.5) is 39.5 Å². The van der Waals surface area contributed by atoms with E-state index in [0.717, 1.165) is 19.1 Å². The second-order valence-corrected chi connectivity index (χ2v) is 7.33. The molecule has 4 aromatic rings. The summed E-state index contributed by atoms with van der Waals surface area (Å²) in [5.74, 6) is 0. The molecule has 0 N–H and O–H groups in total. The number of aromatic nitrogens is 3. The molecule has 0 saturated heterocycles. The first-order chi connectivity index (χ1) is 16.1. The van der Waals surface area contributed by atoms with Gasteiger partial charge in [-0.1, -0.05) is 0 Å². The molecule has 0 amide bonds. The van der Waals surface area contributed by atoms with E-state index >= 15 is 0 Å². The highest BCUT2D eigenvalue weighted by atomic mass is 19.4. The van der Waals surface area contributed by atoms with Crippen LogP contribution >= 0.6 is 0 Å². The highest BCUT2D eigenvalue weighted by Crippen LogP contribution is 2.44. The Morgan fingerprint density at radius 1 is 0.629 bits per heavy atom. The lowest BCUT2D eigenvalue weighted by Gasteiger charge is -2.18. The van der Waals surface area contributed by atoms with Gasteiger partial charge < -0.3 is 0 Å². The van der Waals surface area contributed by atoms with Crippen LogP contribution in [0.25, 0.3) is 32.7 Å². The van der Waals surface area contributed by atoms with Crippen LogP contribution in [0.15, 0.2) is 18.2 Å². The van der Waals surface area contributed by atoms with Crippen LogP contribution < -0.4 is 0 Å². The first kappa shape index (κ1) is 23.9. The molecular weight excluding hydrogens is 493 g/mol. The third kappa shape index (κ3) is 3.80. The maximum Gasteiger partial charge on any atom is 0.433 e. The highest BCUT2D eigenvalue weighted by molar-refractivity contribution is 6.22. The Morgan fingerprint density at radius 2 is 1.11 bits per heavy atom. The second-order valence-electron chi connectivity index (χ2n) is 7.33. The zero-order valence-electron chi connectivity index (χ0n) is 16.9. The van der Waals surface area contributed by atoms with E-state index in [2.05, 4.69) is 15.0 Å². The third-order valence-corrected chi connectivity index (χ3v) is 5.09. The lowest BCUT2D eigenvalue weighted by Crippen LogP contribution is -2.19. The molecule has 0 unspecified atom stereocenters. The number of nitrogens with zero attached hydrogens (tertiary/aromatic N) is 5. The van der Waals surface area contributed by atoms with Crippen LogP contribution in [-0.2, 0) is 18.5 Å². The molecule has 3 aromatic heterocycles. The number of pyridine rings is 3. The van der Waals surface area contributed by atoms with Gasteiger partial charge in [0.05, 0.1) is 27.7 Å². The minimum Gasteiger partial charge on any atom is -0.242 e. The Labute approximate surface area is 188 Å². The summed E-state index contributed by atoms with van der Waals surface area (Å²) in [5.41, 5.74) is -9.33. The average Bonchev–Trinajstić information content (AvgIpc) is 2.75. The zero-order valence-corrected chi connectivity index (χ0v) is 16.9. The molecule has 1 aromatic carbocycles. The van der Waals surface area contributed by atoms with Crippen molar-refractivity contribution < 1.29 is 39.5 Å². The molecule has 0 aliphatic heterocycles. The molecule has 0 radical (unpaired) electrons. The van der Waals surface area contributed by atoms with Crippen LogP contribution in [0.3, 0.4) is 0 Å². The van der Waals surface area contributed by atoms with Gasteiger partial charge in [0.25, 0.3) is 0 Å². The van der Waals surface area contributed by atoms with Crippen LogP contribution in [0.2, 0.25) is 0 Å². The van der Waals surface area contributed by atoms with Crippen molar-refractivity contribution in [2.24, 2.45) is 0 Å². The Morgan fingerprint density at radius 3 is 1.60 bits per heavy atom. The number of alkyl halides is 9. The van der Waals surface area contributed by atoms with E-state index in [1.807, 2.05) is 0 Å². The fourth-order valence-corrected chi connectivity index (χ4v) is 3.69. The Balaban J connectivity index is 2.38. The third-order valence-electron chi connectivity index (χ3n) is 5.09. The fraction of sp³-hybridized carbons (Fsp3) is 0.190. The predicted molar refractivity (Wildman–Crippen MR) is 102 cm³/mol. The molecule has 3 heterocycles. The summed E-state index contributed by atoms with van der Waals surface area (Å²) in [7, 11) is 0. The molecule has 4 rings (SSSR count). The number of hydrogen-bond donors (Lipinski definition) is 0. The number of benzene rings is 1. The van der Waals surface area contributed by atoms with Gasteiger partial charge in [-0.3, -0.25) is 0 Å². The van der Waals surface area contributed by atoms with Gasteiger partial charge in [0.2, 0.25) is 0 Å². The zero-order chi connectivity index (χ0) is 26.1. The monoisotopic (exact) mass is 499 g/mol. The van der Waals surface area contributed by atoms with Crippen LogP contribution in [0, 0.1) is 29.6 Å². The molecule has 0 saturated carbocycles. The molecule has 0 aliphatic rings. The molecule has 0 spiro atoms. The topological polar surface area (TPSA) is 86.2 Å². The van der Waals surface area contributed by atoms with Crippen molar-refractivity contribution in [3.63, 3.8) is 0 Å². The van der Waals surface area contributed by atoms with Crippen LogP contribution in [0.1, 0.15) is 33.8 Å². The molecule has 5 nitrogen and oxygen atoms in total. The van der Waals surface area contributed by atoms with Gasteiger partial charge in [-0.2, -0.15) is 50.0 Å². The summed E-state index contributed by atoms with van der Waals surface area (Å²) in [5, 5.41) is 17.1. The van der Waals surface area contributed by atoms with Gasteiger partial charge in [-0.25, -0.2) is 15.0 Å². The Hall–Kier alpha value is -4.20. The molecular formula is C21H6F9N5. The molecule has 14 heteroatoms. The Bertz CT molecular complexity index is 1640. The minimum atomic E-state index is -5.56. The number of halogens is 9. The lowest BCUT2D eigenvalue weighted by molar-refractivity contribution is -0.164. The summed E-state index contributed by atoms with van der Waals surface area (Å²) < 4.78 is 122. The SMILES string of the molecule is Cc1cc2c(nc1C(F)(F)F)c1cc(C#N)c(C#N)nc1c1cc(C(F)(F)F)c(C(F)(F)F)nc12. The standard InChI is InChI=1S/C21H6F9N5/c1-7-2-9-15(34-17(7)20(25,26)27)10-3-8(5-31)13(6-32)33-14(10)11-4-12(19(22,23)24)18(21(28,29)30)35-16(9)11/h2-4H,1H3. The smallest absolute Gasteiger partial charge is 0.242 e. The quantitative estimate of drug-likeness (QED) is 0.205. The molecule has 35 heavy (non-hydrogen) atoms. The van der Waals surface area contributed by atoms with Gasteiger partial charge in [-0.05, 0) is 30.7 Å². The minimum absolute atomic E-state index is 0.125. The van der Waals surface area contributed by atoms with E-state index in [-0.39, 0.29) is 11.5 Å². The fourth-order valence-electron chi connectivity index (χ4n) is 3.69. The summed E-state index contributed by atoms with van der Waals surface area (Å²) in [4.78, 5) is 10.5. The van der Waals surface area contributed by atoms with Crippen molar-refractivity contribution in [2.45, 2.75) is 25.5 Å². The van der Waals surface area contributed by atoms with Crippen molar-refractivity contribution in [2.75, 3.05) is 0 Å². The molecule has 0 atom stereocenters. The molecule has 0 bridgehead atoms. The second kappa shape index (κ2) is 7.40. The number of rotatable bonds is 0. The first-order valence-electron chi connectivity index (χ1n) is 9.22. The van der Waals surface area contributed by atoms with E-state index in [0.29, 0.717) is 0 Å². The van der Waals surface area contributed by atoms with E-state index < -0.39 is 79.6 Å². The van der Waals surface area contributed by atoms with Gasteiger partial charge >= 0.3 is 18.5 Å². The lowest BCUT2D eigenvalue weighted by atomic mass is 9.98. The normalized spacial score (nSPS) is 12.8. The van der Waals surface area contributed by atoms with Crippen molar-refractivity contribution >= 4 is 32.7 Å². The summed E-state index contributed by atoms with van der Waals surface area (Å²) in [6.07, 6.45) is -16.1. The summed E-state index contributed by atoms with van der Waals surface area (Å²) in [6, 6.07) is 4.94. The van der Waals surface area contributed by atoms with E-state index in [9.17, 15) is 50.0 Å². The summed E-state index contributed by atoms with van der Waals surface area (Å²) in [6.45, 7) is 0.970. The number of fused-ring (bicyclic) bond motifs is 6. The molecule has 0 aliphatic carbocycles. The largest absolute Gasteiger partial charge is 0.433 e. The van der Waals surface area contributed by atoms with E-state index in [1.165, 1.54) is 6.07 Å². The molecule has 178 valence electrons. The first-order valence-corrected chi connectivity index (χ1v) is 9.22. The maximum absolute atomic E-state index is 13.5. The van der Waals surface area contributed by atoms with E-state index in [4.69, 9.17) is 0 Å². The van der Waals surface area contributed by atoms with Gasteiger partial charge in [0.1, 0.15) is 17.8 Å². The van der Waals surface area contributed by atoms with Crippen LogP contribution in [0.5, 0.6) is 0 Å². The predicted octanol–water partition coefficient (Wildman–Crippen LogP) is 6.44. The number of aryl methyl sites for hydroxylation is 1.